The molecule has 0 unspecified atom stereocenters. The van der Waals surface area contributed by atoms with Gasteiger partial charge in [-0.1, -0.05) is 91.0 Å². The fourth-order valence-corrected chi connectivity index (χ4v) is 4.55. The lowest BCUT2D eigenvalue weighted by molar-refractivity contribution is -0.137. The Kier molecular flexibility index (Phi) is 10.2. The Labute approximate surface area is 256 Å². The molecule has 0 saturated carbocycles. The molecule has 5 aromatic rings. The summed E-state index contributed by atoms with van der Waals surface area (Å²) in [6.07, 6.45) is 0. The zero-order chi connectivity index (χ0) is 30.6. The number of carbonyl (C=O) groups is 2. The van der Waals surface area contributed by atoms with Gasteiger partial charge in [0.2, 0.25) is 0 Å². The van der Waals surface area contributed by atoms with Gasteiger partial charge in [0, 0.05) is 12.1 Å². The number of ether oxygens (including phenoxy) is 3. The molecule has 1 amide bonds. The van der Waals surface area contributed by atoms with Crippen LogP contribution in [0.1, 0.15) is 32.6 Å². The van der Waals surface area contributed by atoms with Gasteiger partial charge in [0.1, 0.15) is 43.6 Å². The minimum absolute atomic E-state index is 0.130. The molecule has 0 radical (unpaired) electrons. The third-order valence-electron chi connectivity index (χ3n) is 6.79. The maximum absolute atomic E-state index is 13.4. The molecule has 0 bridgehead atoms. The lowest BCUT2D eigenvalue weighted by Gasteiger charge is -2.21. The van der Waals surface area contributed by atoms with Gasteiger partial charge in [-0.2, -0.15) is 0 Å². The zero-order valence-electron chi connectivity index (χ0n) is 24.2. The monoisotopic (exact) mass is 587 g/mol. The predicted octanol–water partition coefficient (Wildman–Crippen LogP) is 7.15. The van der Waals surface area contributed by atoms with Gasteiger partial charge < -0.3 is 24.2 Å². The number of amides is 1. The summed E-state index contributed by atoms with van der Waals surface area (Å²) >= 11 is 0. The largest absolute Gasteiger partial charge is 0.489 e. The van der Waals surface area contributed by atoms with E-state index in [0.717, 1.165) is 28.0 Å². The minimum Gasteiger partial charge on any atom is -0.489 e. The topological polar surface area (TPSA) is 85.3 Å². The maximum atomic E-state index is 13.4. The molecule has 5 rings (SSSR count). The molecule has 0 aliphatic heterocycles. The van der Waals surface area contributed by atoms with Crippen molar-refractivity contribution in [1.29, 1.82) is 0 Å². The minimum atomic E-state index is -1.09. The summed E-state index contributed by atoms with van der Waals surface area (Å²) in [7, 11) is 0. The Hall–Kier alpha value is -5.56. The average Bonchev–Trinajstić information content (AvgIpc) is 3.06. The van der Waals surface area contributed by atoms with Crippen LogP contribution in [0.25, 0.3) is 0 Å². The standard InChI is InChI=1S/C37H33NO6/c39-36(40)24-38(23-28-17-19-33(20-18-28)42-25-29-9-3-1-4-10-29)37(41)32-14-8-16-35(22-32)44-27-31-13-7-15-34(21-31)43-26-30-11-5-2-6-12-30/h1-22H,23-27H2,(H,39,40). The van der Waals surface area contributed by atoms with E-state index in [1.54, 1.807) is 24.3 Å². The van der Waals surface area contributed by atoms with Crippen LogP contribution in [0.3, 0.4) is 0 Å². The summed E-state index contributed by atoms with van der Waals surface area (Å²) in [5.74, 6) is 0.425. The van der Waals surface area contributed by atoms with Crippen LogP contribution < -0.4 is 14.2 Å². The van der Waals surface area contributed by atoms with Crippen molar-refractivity contribution in [3.63, 3.8) is 0 Å². The molecule has 7 nitrogen and oxygen atoms in total. The zero-order valence-corrected chi connectivity index (χ0v) is 24.2. The number of benzene rings is 5. The van der Waals surface area contributed by atoms with Gasteiger partial charge in [-0.05, 0) is 64.7 Å². The van der Waals surface area contributed by atoms with Gasteiger partial charge in [-0.25, -0.2) is 0 Å². The molecule has 0 spiro atoms. The summed E-state index contributed by atoms with van der Waals surface area (Å²) in [5.41, 5.74) is 4.18. The average molecular weight is 588 g/mol. The highest BCUT2D eigenvalue weighted by atomic mass is 16.5. The number of carboxylic acids is 1. The van der Waals surface area contributed by atoms with Crippen molar-refractivity contribution in [2.24, 2.45) is 0 Å². The van der Waals surface area contributed by atoms with E-state index in [1.165, 1.54) is 4.90 Å². The number of aliphatic carboxylic acids is 1. The molecule has 44 heavy (non-hydrogen) atoms. The van der Waals surface area contributed by atoms with Gasteiger partial charge in [-0.15, -0.1) is 0 Å². The third-order valence-corrected chi connectivity index (χ3v) is 6.79. The van der Waals surface area contributed by atoms with Crippen molar-refractivity contribution in [3.05, 3.63) is 161 Å². The molecule has 0 saturated heterocycles. The summed E-state index contributed by atoms with van der Waals surface area (Å²) < 4.78 is 17.8. The predicted molar refractivity (Wildman–Crippen MR) is 168 cm³/mol. The van der Waals surface area contributed by atoms with Crippen molar-refractivity contribution in [1.82, 2.24) is 4.90 Å². The Bertz CT molecular complexity index is 1660. The highest BCUT2D eigenvalue weighted by Crippen LogP contribution is 2.21. The Morgan fingerprint density at radius 2 is 1.05 bits per heavy atom. The van der Waals surface area contributed by atoms with Crippen LogP contribution in [-0.4, -0.2) is 28.4 Å². The maximum Gasteiger partial charge on any atom is 0.323 e. The van der Waals surface area contributed by atoms with E-state index in [9.17, 15) is 14.7 Å². The quantitative estimate of drug-likeness (QED) is 0.149. The highest BCUT2D eigenvalue weighted by molar-refractivity contribution is 5.96. The Morgan fingerprint density at radius 3 is 1.66 bits per heavy atom. The molecule has 0 aromatic heterocycles. The van der Waals surface area contributed by atoms with Crippen molar-refractivity contribution >= 4 is 11.9 Å². The van der Waals surface area contributed by atoms with Crippen LogP contribution in [0.4, 0.5) is 0 Å². The van der Waals surface area contributed by atoms with Crippen molar-refractivity contribution in [2.45, 2.75) is 26.4 Å². The number of hydrogen-bond donors (Lipinski definition) is 1. The second-order valence-electron chi connectivity index (χ2n) is 10.2. The first-order valence-corrected chi connectivity index (χ1v) is 14.3. The highest BCUT2D eigenvalue weighted by Gasteiger charge is 2.20. The molecule has 0 fully saturated rings. The van der Waals surface area contributed by atoms with Gasteiger partial charge in [-0.3, -0.25) is 9.59 Å². The molecule has 0 aliphatic carbocycles. The third kappa shape index (κ3) is 8.97. The summed E-state index contributed by atoms with van der Waals surface area (Å²) in [4.78, 5) is 26.4. The van der Waals surface area contributed by atoms with E-state index >= 15 is 0 Å². The molecule has 0 heterocycles. The first-order chi connectivity index (χ1) is 21.5. The van der Waals surface area contributed by atoms with E-state index in [4.69, 9.17) is 14.2 Å². The number of rotatable bonds is 14. The van der Waals surface area contributed by atoms with Gasteiger partial charge >= 0.3 is 5.97 Å². The molecule has 0 aliphatic rings. The second-order valence-corrected chi connectivity index (χ2v) is 10.2. The van der Waals surface area contributed by atoms with E-state index in [-0.39, 0.29) is 13.2 Å². The number of carbonyl (C=O) groups excluding carboxylic acids is 1. The van der Waals surface area contributed by atoms with Crippen molar-refractivity contribution < 1.29 is 28.9 Å². The summed E-state index contributed by atoms with van der Waals surface area (Å²) in [5, 5.41) is 9.52. The molecule has 222 valence electrons. The number of nitrogens with zero attached hydrogens (tertiary/aromatic N) is 1. The van der Waals surface area contributed by atoms with Crippen LogP contribution in [0.15, 0.2) is 133 Å². The van der Waals surface area contributed by atoms with Crippen LogP contribution in [0.2, 0.25) is 0 Å². The van der Waals surface area contributed by atoms with E-state index < -0.39 is 18.4 Å². The fourth-order valence-electron chi connectivity index (χ4n) is 4.55. The number of hydrogen-bond acceptors (Lipinski definition) is 5. The van der Waals surface area contributed by atoms with Crippen LogP contribution in [0.5, 0.6) is 17.2 Å². The van der Waals surface area contributed by atoms with Gasteiger partial charge in [0.15, 0.2) is 0 Å². The molecule has 7 heteroatoms. The molecular weight excluding hydrogens is 554 g/mol. The summed E-state index contributed by atoms with van der Waals surface area (Å²) in [6.45, 7) is 0.874. The van der Waals surface area contributed by atoms with Crippen molar-refractivity contribution in [3.8, 4) is 17.2 Å². The first-order valence-electron chi connectivity index (χ1n) is 14.3. The SMILES string of the molecule is O=C(O)CN(Cc1ccc(OCc2ccccc2)cc1)C(=O)c1cccc(OCc2cccc(OCc3ccccc3)c2)c1. The van der Waals surface area contributed by atoms with Gasteiger partial charge in [0.05, 0.1) is 0 Å². The smallest absolute Gasteiger partial charge is 0.323 e. The van der Waals surface area contributed by atoms with E-state index in [0.29, 0.717) is 30.3 Å². The lowest BCUT2D eigenvalue weighted by Crippen LogP contribution is -2.35. The van der Waals surface area contributed by atoms with Crippen LogP contribution >= 0.6 is 0 Å². The molecule has 0 atom stereocenters. The Balaban J connectivity index is 1.19. The fraction of sp³-hybridized carbons (Fsp3) is 0.135. The molecule has 5 aromatic carbocycles. The van der Waals surface area contributed by atoms with E-state index in [1.807, 2.05) is 109 Å². The van der Waals surface area contributed by atoms with Gasteiger partial charge in [0.25, 0.3) is 5.91 Å². The van der Waals surface area contributed by atoms with Crippen LogP contribution in [0, 0.1) is 0 Å². The molecule has 1 N–H and O–H groups in total. The normalized spacial score (nSPS) is 10.5. The van der Waals surface area contributed by atoms with E-state index in [2.05, 4.69) is 0 Å². The first kappa shape index (κ1) is 29.9. The summed E-state index contributed by atoms with van der Waals surface area (Å²) in [6, 6.07) is 41.5. The lowest BCUT2D eigenvalue weighted by atomic mass is 10.1. The van der Waals surface area contributed by atoms with Crippen molar-refractivity contribution in [2.75, 3.05) is 6.54 Å². The number of carboxylic acid groups (broad SMARTS) is 1. The van der Waals surface area contributed by atoms with Crippen LogP contribution in [-0.2, 0) is 31.2 Å². The molecular formula is C37H33NO6. The Morgan fingerprint density at radius 1 is 0.523 bits per heavy atom. The second kappa shape index (κ2) is 15.1.